The highest BCUT2D eigenvalue weighted by molar-refractivity contribution is 7.83. The maximum absolute atomic E-state index is 11.8. The first kappa shape index (κ1) is 10.6. The molecule has 5 heteroatoms. The minimum absolute atomic E-state index is 0.0162. The molecular formula is C8H13F2NOS. The summed E-state index contributed by atoms with van der Waals surface area (Å²) in [6, 6.07) is 0. The highest BCUT2D eigenvalue weighted by Gasteiger charge is 2.04. The molecule has 0 spiro atoms. The number of nitrogens with zero attached hydrogens (tertiary/aromatic N) is 1. The zero-order valence-corrected chi connectivity index (χ0v) is 8.16. The van der Waals surface area contributed by atoms with Gasteiger partial charge in [0.05, 0.1) is 6.54 Å². The van der Waals surface area contributed by atoms with E-state index in [1.807, 2.05) is 0 Å². The van der Waals surface area contributed by atoms with Crippen LogP contribution in [0.2, 0.25) is 0 Å². The molecule has 0 aromatic rings. The van der Waals surface area contributed by atoms with Gasteiger partial charge in [0, 0.05) is 0 Å². The normalized spacial score (nSPS) is 18.2. The van der Waals surface area contributed by atoms with Crippen LogP contribution in [0.5, 0.6) is 0 Å². The predicted octanol–water partition coefficient (Wildman–Crippen LogP) is 3.11. The number of hydrogen-bond acceptors (Lipinski definition) is 2. The zero-order valence-electron chi connectivity index (χ0n) is 7.34. The lowest BCUT2D eigenvalue weighted by Crippen LogP contribution is -1.94. The van der Waals surface area contributed by atoms with E-state index in [-0.39, 0.29) is 6.54 Å². The van der Waals surface area contributed by atoms with Crippen LogP contribution < -0.4 is 0 Å². The van der Waals surface area contributed by atoms with Crippen molar-refractivity contribution in [3.63, 3.8) is 0 Å². The lowest BCUT2D eigenvalue weighted by Gasteiger charge is -2.10. The fourth-order valence-corrected chi connectivity index (χ4v) is 1.73. The van der Waals surface area contributed by atoms with Crippen molar-refractivity contribution in [1.82, 2.24) is 0 Å². The molecule has 0 saturated heterocycles. The van der Waals surface area contributed by atoms with Gasteiger partial charge < -0.3 is 0 Å². The molecule has 0 heterocycles. The van der Waals surface area contributed by atoms with Crippen LogP contribution in [-0.4, -0.2) is 10.8 Å². The third-order valence-corrected chi connectivity index (χ3v) is 2.54. The van der Waals surface area contributed by atoms with E-state index in [0.29, 0.717) is 6.42 Å². The Labute approximate surface area is 77.8 Å². The van der Waals surface area contributed by atoms with Gasteiger partial charge in [0.1, 0.15) is 0 Å². The molecule has 0 aliphatic heterocycles. The summed E-state index contributed by atoms with van der Waals surface area (Å²) >= 11 is 0. The second kappa shape index (κ2) is 4.69. The van der Waals surface area contributed by atoms with Crippen LogP contribution in [0.15, 0.2) is 16.0 Å². The van der Waals surface area contributed by atoms with Crippen LogP contribution in [-0.2, 0) is 10.5 Å². The van der Waals surface area contributed by atoms with Gasteiger partial charge in [-0.25, -0.2) is 0 Å². The molecule has 0 aromatic carbocycles. The van der Waals surface area contributed by atoms with E-state index in [4.69, 9.17) is 0 Å². The predicted molar refractivity (Wildman–Crippen MR) is 48.8 cm³/mol. The summed E-state index contributed by atoms with van der Waals surface area (Å²) in [7, 11) is -4.88. The van der Waals surface area contributed by atoms with Crippen molar-refractivity contribution in [1.29, 1.82) is 0 Å². The molecule has 0 amide bonds. The number of rotatable bonds is 3. The largest absolute Gasteiger partial charge is 0.366 e. The third kappa shape index (κ3) is 4.98. The molecule has 1 aliphatic carbocycles. The van der Waals surface area contributed by atoms with Gasteiger partial charge >= 0.3 is 10.5 Å². The lowest BCUT2D eigenvalue weighted by molar-refractivity contribution is 0.583. The summed E-state index contributed by atoms with van der Waals surface area (Å²) in [6.45, 7) is -0.0162. The average Bonchev–Trinajstić information content (AvgIpc) is 2.04. The molecule has 0 N–H and O–H groups in total. The summed E-state index contributed by atoms with van der Waals surface area (Å²) in [4.78, 5) is 0. The fraction of sp³-hybridized carbons (Fsp3) is 0.750. The molecule has 0 saturated carbocycles. The first-order valence-electron chi connectivity index (χ1n) is 4.38. The maximum Gasteiger partial charge on any atom is 0.366 e. The molecule has 0 bridgehead atoms. The SMILES string of the molecule is O=S(F)(F)=NCCC1=CCCCC1. The summed E-state index contributed by atoms with van der Waals surface area (Å²) in [5.41, 5.74) is 1.18. The van der Waals surface area contributed by atoms with Crippen LogP contribution >= 0.6 is 0 Å². The quantitative estimate of drug-likeness (QED) is 0.518. The Morgan fingerprint density at radius 3 is 2.77 bits per heavy atom. The van der Waals surface area contributed by atoms with Gasteiger partial charge in [0.15, 0.2) is 0 Å². The molecule has 76 valence electrons. The molecule has 13 heavy (non-hydrogen) atoms. The molecule has 0 aromatic heterocycles. The zero-order chi connectivity index (χ0) is 9.73. The Morgan fingerprint density at radius 1 is 1.46 bits per heavy atom. The van der Waals surface area contributed by atoms with Crippen LogP contribution in [0.3, 0.4) is 0 Å². The van der Waals surface area contributed by atoms with Crippen molar-refractivity contribution in [2.75, 3.05) is 6.54 Å². The Kier molecular flexibility index (Phi) is 3.84. The van der Waals surface area contributed by atoms with Crippen LogP contribution in [0.1, 0.15) is 32.1 Å². The minimum atomic E-state index is -4.88. The highest BCUT2D eigenvalue weighted by atomic mass is 32.3. The van der Waals surface area contributed by atoms with E-state index in [1.54, 1.807) is 0 Å². The van der Waals surface area contributed by atoms with E-state index < -0.39 is 10.5 Å². The summed E-state index contributed by atoms with van der Waals surface area (Å²) < 4.78 is 36.3. The summed E-state index contributed by atoms with van der Waals surface area (Å²) in [5.74, 6) is 0. The van der Waals surface area contributed by atoms with Crippen LogP contribution in [0.25, 0.3) is 0 Å². The minimum Gasteiger partial charge on any atom is -0.182 e. The van der Waals surface area contributed by atoms with Crippen molar-refractivity contribution < 1.29 is 12.0 Å². The molecule has 0 fully saturated rings. The molecule has 0 atom stereocenters. The van der Waals surface area contributed by atoms with Gasteiger partial charge in [0.2, 0.25) is 0 Å². The molecule has 0 radical (unpaired) electrons. The Balaban J connectivity index is 2.34. The van der Waals surface area contributed by atoms with Gasteiger partial charge in [-0.15, -0.1) is 0 Å². The maximum atomic E-state index is 11.8. The summed E-state index contributed by atoms with van der Waals surface area (Å²) in [5, 5.41) is 0. The number of hydrogen-bond donors (Lipinski definition) is 0. The van der Waals surface area contributed by atoms with Gasteiger partial charge in [0.25, 0.3) is 0 Å². The second-order valence-corrected chi connectivity index (χ2v) is 4.16. The van der Waals surface area contributed by atoms with E-state index in [9.17, 15) is 12.0 Å². The molecule has 0 unspecified atom stereocenters. The Hall–Kier alpha value is -0.450. The molecule has 1 aliphatic rings. The third-order valence-electron chi connectivity index (χ3n) is 2.06. The van der Waals surface area contributed by atoms with E-state index in [1.165, 1.54) is 12.0 Å². The van der Waals surface area contributed by atoms with Crippen molar-refractivity contribution >= 4 is 10.5 Å². The highest BCUT2D eigenvalue weighted by Crippen LogP contribution is 2.20. The Bertz CT molecular complexity index is 297. The van der Waals surface area contributed by atoms with Crippen molar-refractivity contribution in [2.24, 2.45) is 4.36 Å². The number of halogens is 2. The van der Waals surface area contributed by atoms with Gasteiger partial charge in [-0.05, 0) is 32.1 Å². The average molecular weight is 209 g/mol. The van der Waals surface area contributed by atoms with Gasteiger partial charge in [-0.2, -0.15) is 8.57 Å². The van der Waals surface area contributed by atoms with E-state index in [2.05, 4.69) is 10.4 Å². The lowest BCUT2D eigenvalue weighted by atomic mass is 9.97. The standard InChI is InChI=1S/C8H13F2NOS/c9-13(10,12)11-7-6-8-4-2-1-3-5-8/h4H,1-3,5-7H2. The second-order valence-electron chi connectivity index (χ2n) is 3.11. The topological polar surface area (TPSA) is 29.4 Å². The summed E-state index contributed by atoms with van der Waals surface area (Å²) in [6.07, 6.45) is 6.95. The van der Waals surface area contributed by atoms with E-state index in [0.717, 1.165) is 19.3 Å². The first-order chi connectivity index (χ1) is 6.08. The molecule has 1 rings (SSSR count). The van der Waals surface area contributed by atoms with Crippen LogP contribution in [0, 0.1) is 0 Å². The first-order valence-corrected chi connectivity index (χ1v) is 5.69. The van der Waals surface area contributed by atoms with Gasteiger partial charge in [-0.1, -0.05) is 19.4 Å². The monoisotopic (exact) mass is 209 g/mol. The van der Waals surface area contributed by atoms with Crippen molar-refractivity contribution in [2.45, 2.75) is 32.1 Å². The Morgan fingerprint density at radius 2 is 2.23 bits per heavy atom. The van der Waals surface area contributed by atoms with E-state index >= 15 is 0 Å². The molecule has 2 nitrogen and oxygen atoms in total. The van der Waals surface area contributed by atoms with Gasteiger partial charge in [-0.3, -0.25) is 0 Å². The van der Waals surface area contributed by atoms with Crippen molar-refractivity contribution in [3.8, 4) is 0 Å². The molecular weight excluding hydrogens is 196 g/mol. The van der Waals surface area contributed by atoms with Crippen LogP contribution in [0.4, 0.5) is 7.77 Å². The fourth-order valence-electron chi connectivity index (χ4n) is 1.43. The van der Waals surface area contributed by atoms with Crippen molar-refractivity contribution in [3.05, 3.63) is 11.6 Å². The smallest absolute Gasteiger partial charge is 0.182 e. The number of allylic oxidation sites excluding steroid dienone is 1.